The number of rotatable bonds is 2. The first kappa shape index (κ1) is 16.3. The Balaban J connectivity index is 1.91. The summed E-state index contributed by atoms with van der Waals surface area (Å²) in [7, 11) is 1.88. The molecule has 2 heterocycles. The SMILES string of the molecule is CN1CCC(=O)Nc2cc(C(=O)N3C[C@H](O)C[C@H]3C(N)=O)ccc21. The molecule has 8 heteroatoms. The molecule has 1 fully saturated rings. The van der Waals surface area contributed by atoms with Crippen molar-refractivity contribution in [2.24, 2.45) is 5.73 Å². The maximum absolute atomic E-state index is 12.7. The van der Waals surface area contributed by atoms with Crippen molar-refractivity contribution in [1.29, 1.82) is 0 Å². The van der Waals surface area contributed by atoms with Crippen LogP contribution in [0.25, 0.3) is 0 Å². The van der Waals surface area contributed by atoms with Crippen molar-refractivity contribution in [3.63, 3.8) is 0 Å². The lowest BCUT2D eigenvalue weighted by Crippen LogP contribution is -2.43. The lowest BCUT2D eigenvalue weighted by molar-refractivity contribution is -0.121. The first-order chi connectivity index (χ1) is 11.4. The number of anilines is 2. The Kier molecular flexibility index (Phi) is 4.15. The van der Waals surface area contributed by atoms with Crippen molar-refractivity contribution in [1.82, 2.24) is 4.90 Å². The number of aliphatic hydroxyl groups excluding tert-OH is 1. The first-order valence-corrected chi connectivity index (χ1v) is 7.80. The molecule has 128 valence electrons. The molecule has 3 amide bonds. The zero-order valence-electron chi connectivity index (χ0n) is 13.4. The van der Waals surface area contributed by atoms with Crippen LogP contribution >= 0.6 is 0 Å². The van der Waals surface area contributed by atoms with E-state index < -0.39 is 18.1 Å². The maximum Gasteiger partial charge on any atom is 0.254 e. The quantitative estimate of drug-likeness (QED) is 0.677. The summed E-state index contributed by atoms with van der Waals surface area (Å²) in [6.45, 7) is 0.657. The molecule has 2 aliphatic rings. The van der Waals surface area contributed by atoms with Crippen molar-refractivity contribution in [2.75, 3.05) is 30.4 Å². The summed E-state index contributed by atoms with van der Waals surface area (Å²) < 4.78 is 0. The number of primary amides is 1. The molecule has 24 heavy (non-hydrogen) atoms. The number of nitrogens with zero attached hydrogens (tertiary/aromatic N) is 2. The van der Waals surface area contributed by atoms with Crippen LogP contribution in [-0.4, -0.2) is 60.0 Å². The van der Waals surface area contributed by atoms with Crippen LogP contribution in [0.1, 0.15) is 23.2 Å². The van der Waals surface area contributed by atoms with Gasteiger partial charge in [0.25, 0.3) is 5.91 Å². The Morgan fingerprint density at radius 2 is 2.12 bits per heavy atom. The summed E-state index contributed by atoms with van der Waals surface area (Å²) in [6, 6.07) is 4.20. The van der Waals surface area contributed by atoms with E-state index in [-0.39, 0.29) is 24.8 Å². The normalized spacial score (nSPS) is 23.5. The van der Waals surface area contributed by atoms with Crippen LogP contribution in [0.15, 0.2) is 18.2 Å². The Bertz CT molecular complexity index is 705. The molecule has 3 rings (SSSR count). The summed E-state index contributed by atoms with van der Waals surface area (Å²) in [4.78, 5) is 39.2. The van der Waals surface area contributed by atoms with Gasteiger partial charge in [-0.1, -0.05) is 0 Å². The smallest absolute Gasteiger partial charge is 0.254 e. The van der Waals surface area contributed by atoms with E-state index in [1.165, 1.54) is 4.90 Å². The molecule has 1 aromatic carbocycles. The van der Waals surface area contributed by atoms with E-state index in [0.29, 0.717) is 24.2 Å². The number of amides is 3. The summed E-state index contributed by atoms with van der Waals surface area (Å²) in [5.41, 5.74) is 7.05. The first-order valence-electron chi connectivity index (χ1n) is 7.80. The van der Waals surface area contributed by atoms with Gasteiger partial charge in [0.1, 0.15) is 6.04 Å². The summed E-state index contributed by atoms with van der Waals surface area (Å²) >= 11 is 0. The zero-order valence-corrected chi connectivity index (χ0v) is 13.4. The van der Waals surface area contributed by atoms with Crippen LogP contribution in [0.4, 0.5) is 11.4 Å². The second-order valence-electron chi connectivity index (χ2n) is 6.22. The number of likely N-dealkylation sites (tertiary alicyclic amines) is 1. The molecule has 2 aliphatic heterocycles. The molecule has 8 nitrogen and oxygen atoms in total. The highest BCUT2D eigenvalue weighted by atomic mass is 16.3. The van der Waals surface area contributed by atoms with Crippen LogP contribution in [-0.2, 0) is 9.59 Å². The molecule has 0 radical (unpaired) electrons. The molecular formula is C16H20N4O4. The van der Waals surface area contributed by atoms with E-state index in [0.717, 1.165) is 5.69 Å². The molecule has 4 N–H and O–H groups in total. The number of β-amino-alcohol motifs (C(OH)–C–C–N with tert-alkyl or cyclic N) is 1. The number of hydrogen-bond donors (Lipinski definition) is 3. The average Bonchev–Trinajstić information content (AvgIpc) is 2.87. The fourth-order valence-corrected chi connectivity index (χ4v) is 3.18. The lowest BCUT2D eigenvalue weighted by Gasteiger charge is -2.23. The van der Waals surface area contributed by atoms with Crippen LogP contribution in [0.3, 0.4) is 0 Å². The average molecular weight is 332 g/mol. The van der Waals surface area contributed by atoms with Gasteiger partial charge in [-0.3, -0.25) is 14.4 Å². The number of carbonyl (C=O) groups is 3. The molecule has 0 saturated carbocycles. The number of nitrogens with one attached hydrogen (secondary N) is 1. The van der Waals surface area contributed by atoms with E-state index in [2.05, 4.69) is 5.32 Å². The molecule has 1 aromatic rings. The van der Waals surface area contributed by atoms with Gasteiger partial charge in [-0.2, -0.15) is 0 Å². The third-order valence-corrected chi connectivity index (χ3v) is 4.47. The molecule has 2 atom stereocenters. The summed E-state index contributed by atoms with van der Waals surface area (Å²) in [5.74, 6) is -1.14. The Morgan fingerprint density at radius 1 is 1.38 bits per heavy atom. The highest BCUT2D eigenvalue weighted by Gasteiger charge is 2.38. The van der Waals surface area contributed by atoms with Crippen LogP contribution in [0, 0.1) is 0 Å². The van der Waals surface area contributed by atoms with Crippen LogP contribution in [0.2, 0.25) is 0 Å². The minimum absolute atomic E-state index is 0.0653. The summed E-state index contributed by atoms with van der Waals surface area (Å²) in [6.07, 6.45) is -0.250. The lowest BCUT2D eigenvalue weighted by atomic mass is 10.1. The van der Waals surface area contributed by atoms with Crippen molar-refractivity contribution in [2.45, 2.75) is 25.0 Å². The highest BCUT2D eigenvalue weighted by Crippen LogP contribution is 2.30. The monoisotopic (exact) mass is 332 g/mol. The van der Waals surface area contributed by atoms with Crippen molar-refractivity contribution in [3.05, 3.63) is 23.8 Å². The largest absolute Gasteiger partial charge is 0.391 e. The summed E-state index contributed by atoms with van der Waals surface area (Å²) in [5, 5.41) is 12.5. The van der Waals surface area contributed by atoms with Crippen LogP contribution < -0.4 is 16.0 Å². The number of nitrogens with two attached hydrogens (primary N) is 1. The van der Waals surface area contributed by atoms with Crippen molar-refractivity contribution < 1.29 is 19.5 Å². The third-order valence-electron chi connectivity index (χ3n) is 4.47. The predicted octanol–water partition coefficient (Wildman–Crippen LogP) is -0.474. The molecule has 0 aliphatic carbocycles. The zero-order chi connectivity index (χ0) is 17.4. The van der Waals surface area contributed by atoms with Crippen molar-refractivity contribution in [3.8, 4) is 0 Å². The van der Waals surface area contributed by atoms with E-state index >= 15 is 0 Å². The molecule has 0 spiro atoms. The maximum atomic E-state index is 12.7. The van der Waals surface area contributed by atoms with Gasteiger partial charge in [-0.15, -0.1) is 0 Å². The second kappa shape index (κ2) is 6.12. The number of carbonyl (C=O) groups excluding carboxylic acids is 3. The van der Waals surface area contributed by atoms with Gasteiger partial charge in [-0.25, -0.2) is 0 Å². The molecule has 1 saturated heterocycles. The van der Waals surface area contributed by atoms with E-state index in [1.807, 2.05) is 11.9 Å². The van der Waals surface area contributed by atoms with E-state index in [1.54, 1.807) is 18.2 Å². The molecule has 0 bridgehead atoms. The second-order valence-corrected chi connectivity index (χ2v) is 6.22. The van der Waals surface area contributed by atoms with Gasteiger partial charge in [-0.05, 0) is 18.2 Å². The van der Waals surface area contributed by atoms with Gasteiger partial charge < -0.3 is 26.0 Å². The van der Waals surface area contributed by atoms with E-state index in [9.17, 15) is 19.5 Å². The van der Waals surface area contributed by atoms with Gasteiger partial charge in [0, 0.05) is 38.5 Å². The van der Waals surface area contributed by atoms with Gasteiger partial charge >= 0.3 is 0 Å². The number of benzene rings is 1. The topological polar surface area (TPSA) is 116 Å². The van der Waals surface area contributed by atoms with Gasteiger partial charge in [0.05, 0.1) is 17.5 Å². The Hall–Kier alpha value is -2.61. The molecular weight excluding hydrogens is 312 g/mol. The standard InChI is InChI=1S/C16H20N4O4/c1-19-5-4-14(22)18-11-6-9(2-3-12(11)19)16(24)20-8-10(21)7-13(20)15(17)23/h2-3,6,10,13,21H,4-5,7-8H2,1H3,(H2,17,23)(H,18,22)/t10-,13+/m1/s1. The minimum Gasteiger partial charge on any atom is -0.391 e. The predicted molar refractivity (Wildman–Crippen MR) is 87.6 cm³/mol. The fraction of sp³-hybridized carbons (Fsp3) is 0.438. The number of aliphatic hydroxyl groups is 1. The third kappa shape index (κ3) is 2.92. The molecule has 0 aromatic heterocycles. The van der Waals surface area contributed by atoms with Gasteiger partial charge in [0.15, 0.2) is 0 Å². The van der Waals surface area contributed by atoms with Crippen LogP contribution in [0.5, 0.6) is 0 Å². The molecule has 0 unspecified atom stereocenters. The van der Waals surface area contributed by atoms with E-state index in [4.69, 9.17) is 5.73 Å². The fourth-order valence-electron chi connectivity index (χ4n) is 3.18. The Labute approximate surface area is 139 Å². The van der Waals surface area contributed by atoms with Gasteiger partial charge in [0.2, 0.25) is 11.8 Å². The number of hydrogen-bond acceptors (Lipinski definition) is 5. The van der Waals surface area contributed by atoms with Crippen molar-refractivity contribution >= 4 is 29.1 Å². The number of fused-ring (bicyclic) bond motifs is 1. The Morgan fingerprint density at radius 3 is 2.83 bits per heavy atom. The highest BCUT2D eigenvalue weighted by molar-refractivity contribution is 6.02. The minimum atomic E-state index is -0.816.